The third-order valence-corrected chi connectivity index (χ3v) is 3.27. The van der Waals surface area contributed by atoms with Crippen LogP contribution in [0, 0.1) is 24.1 Å². The molecule has 0 amide bonds. The number of ether oxygens (including phenoxy) is 1. The second kappa shape index (κ2) is 6.19. The highest BCUT2D eigenvalue weighted by Gasteiger charge is 2.22. The predicted octanol–water partition coefficient (Wildman–Crippen LogP) is 3.63. The van der Waals surface area contributed by atoms with Gasteiger partial charge < -0.3 is 4.74 Å². The monoisotopic (exact) mass is 283 g/mol. The quantitative estimate of drug-likeness (QED) is 0.805. The van der Waals surface area contributed by atoms with E-state index in [1.54, 1.807) is 18.2 Å². The number of nitrogens with zero attached hydrogens (tertiary/aromatic N) is 1. The summed E-state index contributed by atoms with van der Waals surface area (Å²) in [6, 6.07) is 12.5. The van der Waals surface area contributed by atoms with Gasteiger partial charge in [-0.1, -0.05) is 24.3 Å². The molecule has 0 N–H and O–H groups in total. The molecule has 2 rings (SSSR count). The molecule has 0 saturated carbocycles. The molecule has 2 aromatic rings. The van der Waals surface area contributed by atoms with E-state index >= 15 is 0 Å². The minimum absolute atomic E-state index is 0.182. The summed E-state index contributed by atoms with van der Waals surface area (Å²) in [7, 11) is 1.53. The molecular formula is C17H14FNO2. The van der Waals surface area contributed by atoms with Crippen molar-refractivity contribution in [1.29, 1.82) is 5.26 Å². The molecule has 0 aliphatic carbocycles. The normalized spacial score (nSPS) is 11.5. The summed E-state index contributed by atoms with van der Waals surface area (Å²) in [5, 5.41) is 9.31. The topological polar surface area (TPSA) is 50.1 Å². The van der Waals surface area contributed by atoms with Gasteiger partial charge in [-0.2, -0.15) is 5.26 Å². The maximum Gasteiger partial charge on any atom is 0.184 e. The zero-order valence-electron chi connectivity index (χ0n) is 11.8. The van der Waals surface area contributed by atoms with Crippen LogP contribution in [0.15, 0.2) is 42.5 Å². The Balaban J connectivity index is 2.40. The van der Waals surface area contributed by atoms with Crippen molar-refractivity contribution in [2.24, 2.45) is 0 Å². The fraction of sp³-hybridized carbons (Fsp3) is 0.176. The van der Waals surface area contributed by atoms with Crippen LogP contribution in [0.1, 0.15) is 27.4 Å². The van der Waals surface area contributed by atoms with E-state index in [9.17, 15) is 14.4 Å². The van der Waals surface area contributed by atoms with Gasteiger partial charge in [-0.3, -0.25) is 4.79 Å². The van der Waals surface area contributed by atoms with E-state index in [1.165, 1.54) is 25.3 Å². The van der Waals surface area contributed by atoms with Crippen molar-refractivity contribution in [1.82, 2.24) is 0 Å². The first kappa shape index (κ1) is 14.7. The fourth-order valence-corrected chi connectivity index (χ4v) is 2.11. The molecule has 0 heterocycles. The Morgan fingerprint density at radius 2 is 2.05 bits per heavy atom. The molecule has 0 aromatic heterocycles. The maximum atomic E-state index is 13.2. The molecule has 0 saturated heterocycles. The Labute approximate surface area is 122 Å². The van der Waals surface area contributed by atoms with Crippen molar-refractivity contribution in [2.45, 2.75) is 12.8 Å². The van der Waals surface area contributed by atoms with Gasteiger partial charge in [-0.25, -0.2) is 4.39 Å². The van der Waals surface area contributed by atoms with Crippen molar-refractivity contribution in [3.63, 3.8) is 0 Å². The van der Waals surface area contributed by atoms with Gasteiger partial charge in [-0.05, 0) is 36.2 Å². The van der Waals surface area contributed by atoms with Crippen molar-refractivity contribution in [3.8, 4) is 11.8 Å². The molecule has 1 atom stereocenters. The number of carbonyl (C=O) groups is 1. The van der Waals surface area contributed by atoms with Crippen molar-refractivity contribution < 1.29 is 13.9 Å². The van der Waals surface area contributed by atoms with Gasteiger partial charge in [-0.15, -0.1) is 0 Å². The minimum Gasteiger partial charge on any atom is -0.496 e. The molecule has 0 radical (unpaired) electrons. The van der Waals surface area contributed by atoms with Crippen molar-refractivity contribution in [3.05, 3.63) is 65.0 Å². The van der Waals surface area contributed by atoms with Crippen LogP contribution in [-0.2, 0) is 0 Å². The summed E-state index contributed by atoms with van der Waals surface area (Å²) < 4.78 is 18.4. The standard InChI is InChI=1S/C17H14FNO2/c1-11-6-7-12(9-16(11)21-2)15(10-19)17(20)13-4-3-5-14(18)8-13/h3-9,15H,1-2H3. The molecule has 1 unspecified atom stereocenters. The maximum absolute atomic E-state index is 13.2. The fourth-order valence-electron chi connectivity index (χ4n) is 2.11. The number of halogens is 1. The first-order valence-electron chi connectivity index (χ1n) is 6.40. The highest BCUT2D eigenvalue weighted by atomic mass is 19.1. The Morgan fingerprint density at radius 1 is 1.29 bits per heavy atom. The molecule has 4 heteroatoms. The molecule has 0 fully saturated rings. The van der Waals surface area contributed by atoms with Crippen LogP contribution >= 0.6 is 0 Å². The molecule has 2 aromatic carbocycles. The number of carbonyl (C=O) groups excluding carboxylic acids is 1. The van der Waals surface area contributed by atoms with E-state index in [0.29, 0.717) is 11.3 Å². The number of benzene rings is 2. The second-order valence-electron chi connectivity index (χ2n) is 4.67. The van der Waals surface area contributed by atoms with E-state index in [1.807, 2.05) is 13.0 Å². The summed E-state index contributed by atoms with van der Waals surface area (Å²) in [5.74, 6) is -1.30. The third kappa shape index (κ3) is 3.09. The Kier molecular flexibility index (Phi) is 4.34. The molecule has 0 aliphatic heterocycles. The van der Waals surface area contributed by atoms with Gasteiger partial charge in [0.15, 0.2) is 5.78 Å². The van der Waals surface area contributed by atoms with E-state index in [2.05, 4.69) is 0 Å². The molecule has 0 spiro atoms. The number of aryl methyl sites for hydroxylation is 1. The first-order valence-corrected chi connectivity index (χ1v) is 6.40. The summed E-state index contributed by atoms with van der Waals surface area (Å²) in [6.45, 7) is 1.87. The van der Waals surface area contributed by atoms with Gasteiger partial charge in [0.2, 0.25) is 0 Å². The number of hydrogen-bond acceptors (Lipinski definition) is 3. The van der Waals surface area contributed by atoms with Crippen LogP contribution < -0.4 is 4.74 Å². The molecule has 106 valence electrons. The smallest absolute Gasteiger partial charge is 0.184 e. The summed E-state index contributed by atoms with van der Waals surface area (Å²) in [4.78, 5) is 12.4. The van der Waals surface area contributed by atoms with Gasteiger partial charge in [0.25, 0.3) is 0 Å². The number of methoxy groups -OCH3 is 1. The van der Waals surface area contributed by atoms with Crippen LogP contribution in [0.4, 0.5) is 4.39 Å². The summed E-state index contributed by atoms with van der Waals surface area (Å²) >= 11 is 0. The van der Waals surface area contributed by atoms with Crippen LogP contribution in [0.2, 0.25) is 0 Å². The number of nitriles is 1. The molecular weight excluding hydrogens is 269 g/mol. The van der Waals surface area contributed by atoms with Crippen LogP contribution in [0.3, 0.4) is 0 Å². The predicted molar refractivity (Wildman–Crippen MR) is 76.8 cm³/mol. The highest BCUT2D eigenvalue weighted by molar-refractivity contribution is 6.02. The van der Waals surface area contributed by atoms with E-state index in [4.69, 9.17) is 4.74 Å². The Morgan fingerprint density at radius 3 is 2.67 bits per heavy atom. The average Bonchev–Trinajstić information content (AvgIpc) is 2.49. The SMILES string of the molecule is COc1cc(C(C#N)C(=O)c2cccc(F)c2)ccc1C. The summed E-state index contributed by atoms with van der Waals surface area (Å²) in [5.41, 5.74) is 1.63. The van der Waals surface area contributed by atoms with Crippen molar-refractivity contribution in [2.75, 3.05) is 7.11 Å². The van der Waals surface area contributed by atoms with Gasteiger partial charge in [0.1, 0.15) is 17.5 Å². The molecule has 21 heavy (non-hydrogen) atoms. The largest absolute Gasteiger partial charge is 0.496 e. The van der Waals surface area contributed by atoms with Crippen molar-refractivity contribution >= 4 is 5.78 Å². The zero-order chi connectivity index (χ0) is 15.4. The molecule has 3 nitrogen and oxygen atoms in total. The van der Waals surface area contributed by atoms with Crippen LogP contribution in [-0.4, -0.2) is 12.9 Å². The minimum atomic E-state index is -0.985. The zero-order valence-corrected chi connectivity index (χ0v) is 11.8. The third-order valence-electron chi connectivity index (χ3n) is 3.27. The number of hydrogen-bond donors (Lipinski definition) is 0. The highest BCUT2D eigenvalue weighted by Crippen LogP contribution is 2.26. The number of Topliss-reactive ketones (excluding diaryl/α,β-unsaturated/α-hetero) is 1. The number of ketones is 1. The Hall–Kier alpha value is -2.67. The second-order valence-corrected chi connectivity index (χ2v) is 4.67. The van der Waals surface area contributed by atoms with E-state index in [0.717, 1.165) is 11.6 Å². The van der Waals surface area contributed by atoms with E-state index < -0.39 is 17.5 Å². The van der Waals surface area contributed by atoms with E-state index in [-0.39, 0.29) is 5.56 Å². The first-order chi connectivity index (χ1) is 10.1. The van der Waals surface area contributed by atoms with Gasteiger partial charge in [0, 0.05) is 5.56 Å². The Bertz CT molecular complexity index is 719. The van der Waals surface area contributed by atoms with Gasteiger partial charge >= 0.3 is 0 Å². The lowest BCUT2D eigenvalue weighted by Gasteiger charge is -2.12. The lowest BCUT2D eigenvalue weighted by molar-refractivity contribution is 0.0978. The number of rotatable bonds is 4. The summed E-state index contributed by atoms with van der Waals surface area (Å²) in [6.07, 6.45) is 0. The average molecular weight is 283 g/mol. The van der Waals surface area contributed by atoms with Crippen LogP contribution in [0.25, 0.3) is 0 Å². The molecule has 0 aliphatic rings. The van der Waals surface area contributed by atoms with Crippen LogP contribution in [0.5, 0.6) is 5.75 Å². The van der Waals surface area contributed by atoms with Gasteiger partial charge in [0.05, 0.1) is 13.2 Å². The lowest BCUT2D eigenvalue weighted by Crippen LogP contribution is -2.11. The molecule has 0 bridgehead atoms. The lowest BCUT2D eigenvalue weighted by atomic mass is 9.91.